The number of fused-ring (bicyclic) bond motifs is 1. The maximum Gasteiger partial charge on any atom is 0.436 e. The zero-order valence-electron chi connectivity index (χ0n) is 19.2. The van der Waals surface area contributed by atoms with Crippen molar-refractivity contribution in [3.05, 3.63) is 59.2 Å². The molecule has 3 aromatic rings. The molecule has 198 valence electrons. The van der Waals surface area contributed by atoms with Gasteiger partial charge in [-0.25, -0.2) is 18.6 Å². The Morgan fingerprint density at radius 2 is 1.89 bits per heavy atom. The Labute approximate surface area is 220 Å². The molecule has 0 saturated heterocycles. The molecule has 15 heteroatoms. The van der Waals surface area contributed by atoms with Crippen LogP contribution in [0.15, 0.2) is 41.4 Å². The van der Waals surface area contributed by atoms with Crippen molar-refractivity contribution in [1.82, 2.24) is 15.1 Å². The molecule has 3 rings (SSSR count). The molecule has 1 atom stereocenters. The van der Waals surface area contributed by atoms with Gasteiger partial charge in [-0.05, 0) is 65.9 Å². The molecule has 0 spiro atoms. The van der Waals surface area contributed by atoms with Gasteiger partial charge in [-0.2, -0.15) is 17.9 Å². The molecule has 37 heavy (non-hydrogen) atoms. The lowest BCUT2D eigenvalue weighted by Crippen LogP contribution is -2.37. The maximum atomic E-state index is 13.6. The Morgan fingerprint density at radius 3 is 2.51 bits per heavy atom. The van der Waals surface area contributed by atoms with Gasteiger partial charge in [0, 0.05) is 18.1 Å². The van der Waals surface area contributed by atoms with Crippen LogP contribution in [0.5, 0.6) is 0 Å². The summed E-state index contributed by atoms with van der Waals surface area (Å²) in [7, 11) is 1.42. The smallest absolute Gasteiger partial charge is 0.436 e. The highest BCUT2D eigenvalue weighted by Gasteiger charge is 2.32. The minimum Gasteiger partial charge on any atom is -0.437 e. The van der Waals surface area contributed by atoms with E-state index in [4.69, 9.17) is 9.47 Å². The quantitative estimate of drug-likeness (QED) is 0.130. The Balaban J connectivity index is 2.04. The summed E-state index contributed by atoms with van der Waals surface area (Å²) in [5.41, 5.74) is -1.48. The van der Waals surface area contributed by atoms with Crippen molar-refractivity contribution >= 4 is 57.3 Å². The van der Waals surface area contributed by atoms with Crippen molar-refractivity contribution in [1.29, 1.82) is 0 Å². The van der Waals surface area contributed by atoms with Crippen LogP contribution in [0, 0.1) is 11.6 Å². The second-order valence-electron chi connectivity index (χ2n) is 7.50. The van der Waals surface area contributed by atoms with Crippen LogP contribution in [0.1, 0.15) is 22.8 Å². The molecule has 2 aromatic carbocycles. The fourth-order valence-electron chi connectivity index (χ4n) is 3.15. The molecular formula is C22H19F5IN5O4. The zero-order valence-corrected chi connectivity index (χ0v) is 21.4. The molecule has 1 heterocycles. The maximum absolute atomic E-state index is 13.6. The van der Waals surface area contributed by atoms with E-state index in [2.05, 4.69) is 20.7 Å². The average Bonchev–Trinajstić information content (AvgIpc) is 3.18. The van der Waals surface area contributed by atoms with E-state index in [1.165, 1.54) is 7.11 Å². The van der Waals surface area contributed by atoms with Gasteiger partial charge in [0.25, 0.3) is 5.91 Å². The third-order valence-electron chi connectivity index (χ3n) is 4.77. The molecule has 9 nitrogen and oxygen atoms in total. The first-order chi connectivity index (χ1) is 17.4. The Morgan fingerprint density at radius 1 is 1.16 bits per heavy atom. The van der Waals surface area contributed by atoms with Gasteiger partial charge in [-0.3, -0.25) is 10.1 Å². The predicted octanol–water partition coefficient (Wildman–Crippen LogP) is 4.94. The largest absolute Gasteiger partial charge is 0.437 e. The monoisotopic (exact) mass is 639 g/mol. The molecule has 0 radical (unpaired) electrons. The van der Waals surface area contributed by atoms with Gasteiger partial charge in [0.15, 0.2) is 17.5 Å². The third kappa shape index (κ3) is 6.91. The minimum atomic E-state index is -4.69. The molecule has 0 bridgehead atoms. The number of anilines is 1. The number of alkyl halides is 4. The van der Waals surface area contributed by atoms with Gasteiger partial charge < -0.3 is 14.8 Å². The number of nitrogens with zero attached hydrogens (tertiary/aromatic N) is 3. The number of guanidine groups is 1. The van der Waals surface area contributed by atoms with E-state index in [0.717, 1.165) is 30.3 Å². The lowest BCUT2D eigenvalue weighted by molar-refractivity contribution is -0.137. The van der Waals surface area contributed by atoms with Crippen molar-refractivity contribution in [2.24, 2.45) is 4.99 Å². The molecule has 1 amide bonds. The van der Waals surface area contributed by atoms with Crippen LogP contribution in [-0.4, -0.2) is 52.1 Å². The summed E-state index contributed by atoms with van der Waals surface area (Å²) in [5, 5.41) is 9.17. The van der Waals surface area contributed by atoms with Gasteiger partial charge in [-0.15, -0.1) is 5.10 Å². The number of nitrogens with one attached hydrogen (secondary N) is 2. The Kier molecular flexibility index (Phi) is 9.01. The Hall–Kier alpha value is -3.34. The number of halogens is 6. The summed E-state index contributed by atoms with van der Waals surface area (Å²) in [5.74, 6) is -3.64. The standard InChI is InChI=1S/C22H19F5IN5O4/c1-11(9-36-2)29-20(31-19(34)12-3-6-15(23)16(24)7-12)30-18-14-5-4-13(22(25,26)27)8-17(14)33(32-18)21(35)37-10-28/h3-8,11H,9-10H2,1-2H3,(H2,29,30,31,32,34). The Bertz CT molecular complexity index is 1340. The number of aliphatic imine (C=N–C) groups is 1. The normalized spacial score (nSPS) is 12.9. The fourth-order valence-corrected chi connectivity index (χ4v) is 3.42. The summed E-state index contributed by atoms with van der Waals surface area (Å²) < 4.78 is 77.2. The van der Waals surface area contributed by atoms with E-state index in [1.54, 1.807) is 29.5 Å². The summed E-state index contributed by atoms with van der Waals surface area (Å²) >= 11 is 1.73. The second-order valence-corrected chi connectivity index (χ2v) is 8.12. The first-order valence-corrected chi connectivity index (χ1v) is 11.9. The lowest BCUT2D eigenvalue weighted by atomic mass is 10.1. The molecule has 1 unspecified atom stereocenters. The van der Waals surface area contributed by atoms with E-state index in [1.807, 2.05) is 0 Å². The van der Waals surface area contributed by atoms with Crippen molar-refractivity contribution in [3.63, 3.8) is 0 Å². The number of rotatable bonds is 6. The van der Waals surface area contributed by atoms with Crippen molar-refractivity contribution in [2.45, 2.75) is 19.1 Å². The van der Waals surface area contributed by atoms with E-state index in [0.29, 0.717) is 10.7 Å². The van der Waals surface area contributed by atoms with E-state index in [9.17, 15) is 31.5 Å². The van der Waals surface area contributed by atoms with Gasteiger partial charge >= 0.3 is 12.3 Å². The first kappa shape index (κ1) is 28.2. The number of carbonyl (C=O) groups is 2. The highest BCUT2D eigenvalue weighted by molar-refractivity contribution is 14.1. The first-order valence-electron chi connectivity index (χ1n) is 10.4. The van der Waals surface area contributed by atoms with E-state index in [-0.39, 0.29) is 39.5 Å². The number of aromatic nitrogens is 2. The van der Waals surface area contributed by atoms with Crippen LogP contribution in [0.2, 0.25) is 0 Å². The topological polar surface area (TPSA) is 107 Å². The van der Waals surface area contributed by atoms with Gasteiger partial charge in [0.05, 0.1) is 23.7 Å². The van der Waals surface area contributed by atoms with Crippen molar-refractivity contribution in [2.75, 3.05) is 23.6 Å². The van der Waals surface area contributed by atoms with Crippen LogP contribution in [-0.2, 0) is 15.7 Å². The summed E-state index contributed by atoms with van der Waals surface area (Å²) in [4.78, 5) is 29.3. The molecular weight excluding hydrogens is 620 g/mol. The number of carbonyl (C=O) groups excluding carboxylic acids is 2. The van der Waals surface area contributed by atoms with Crippen LogP contribution in [0.4, 0.5) is 32.6 Å². The average molecular weight is 639 g/mol. The molecule has 0 aliphatic carbocycles. The van der Waals surface area contributed by atoms with Crippen LogP contribution < -0.4 is 10.6 Å². The van der Waals surface area contributed by atoms with Crippen LogP contribution >= 0.6 is 22.6 Å². The number of benzene rings is 2. The second kappa shape index (κ2) is 11.8. The van der Waals surface area contributed by atoms with E-state index < -0.39 is 41.4 Å². The van der Waals surface area contributed by atoms with Gasteiger partial charge in [-0.1, -0.05) is 0 Å². The molecule has 0 saturated carbocycles. The van der Waals surface area contributed by atoms with Crippen LogP contribution in [0.25, 0.3) is 10.9 Å². The zero-order chi connectivity index (χ0) is 27.3. The summed E-state index contributed by atoms with van der Waals surface area (Å²) in [6.07, 6.45) is -5.73. The lowest BCUT2D eigenvalue weighted by Gasteiger charge is -2.13. The van der Waals surface area contributed by atoms with Gasteiger partial charge in [0.1, 0.15) is 4.61 Å². The predicted molar refractivity (Wildman–Crippen MR) is 132 cm³/mol. The van der Waals surface area contributed by atoms with Crippen LogP contribution in [0.3, 0.4) is 0 Å². The number of hydrogen-bond acceptors (Lipinski definition) is 6. The molecule has 0 fully saturated rings. The fraction of sp³-hybridized carbons (Fsp3) is 0.273. The summed E-state index contributed by atoms with van der Waals surface area (Å²) in [6.45, 7) is 1.76. The number of methoxy groups -OCH3 is 1. The van der Waals surface area contributed by atoms with Crippen molar-refractivity contribution in [3.8, 4) is 0 Å². The number of ether oxygens (including phenoxy) is 2. The molecule has 2 N–H and O–H groups in total. The van der Waals surface area contributed by atoms with Crippen molar-refractivity contribution < 1.29 is 41.0 Å². The third-order valence-corrected chi connectivity index (χ3v) is 5.08. The number of hydrogen-bond donors (Lipinski definition) is 2. The number of amides is 1. The molecule has 0 aliphatic rings. The minimum absolute atomic E-state index is 0.0765. The highest BCUT2D eigenvalue weighted by atomic mass is 127. The molecule has 0 aliphatic heterocycles. The van der Waals surface area contributed by atoms with Gasteiger partial charge in [0.2, 0.25) is 5.96 Å². The SMILES string of the molecule is COCC(C)N=C(NC(=O)c1ccc(F)c(F)c1)Nc1nn(C(=O)OCI)c2cc(C(F)(F)F)ccc12. The highest BCUT2D eigenvalue weighted by Crippen LogP contribution is 2.33. The van der Waals surface area contributed by atoms with E-state index >= 15 is 0 Å². The molecule has 1 aromatic heterocycles. The summed E-state index contributed by atoms with van der Waals surface area (Å²) in [6, 6.07) is 4.59.